The maximum absolute atomic E-state index is 6.73. The number of hydrogen-bond acceptors (Lipinski definition) is 3. The third-order valence-electron chi connectivity index (χ3n) is 11.9. The van der Waals surface area contributed by atoms with E-state index in [-0.39, 0.29) is 0 Å². The Balaban J connectivity index is 0.902. The van der Waals surface area contributed by atoms with Crippen molar-refractivity contribution in [2.24, 2.45) is 0 Å². The lowest BCUT2D eigenvalue weighted by Gasteiger charge is -2.26. The molecule has 0 saturated heterocycles. The van der Waals surface area contributed by atoms with Crippen LogP contribution >= 0.6 is 0 Å². The van der Waals surface area contributed by atoms with E-state index in [0.717, 1.165) is 88.6 Å². The number of hydrogen-bond donors (Lipinski definition) is 0. The standard InChI is InChI=1S/C56H35NO2/c1-2-13-42(14-3-1)57(44-30-25-38(26-31-44)45-18-10-19-50-47-16-8-9-20-53(47)58-55(45)50)43-28-23-37(24-29-43)40-27-32-48-52-35-51(41-22-21-36-11-4-5-12-39(36)33-41)46-15-6-7-17-49(46)56(52)59-54(48)34-40/h1-35H. The van der Waals surface area contributed by atoms with Crippen LogP contribution in [0, 0.1) is 0 Å². The van der Waals surface area contributed by atoms with Crippen molar-refractivity contribution in [1.29, 1.82) is 0 Å². The summed E-state index contributed by atoms with van der Waals surface area (Å²) in [5, 5.41) is 9.30. The summed E-state index contributed by atoms with van der Waals surface area (Å²) in [5.41, 5.74) is 13.7. The molecule has 59 heavy (non-hydrogen) atoms. The highest BCUT2D eigenvalue weighted by molar-refractivity contribution is 6.19. The summed E-state index contributed by atoms with van der Waals surface area (Å²) < 4.78 is 13.1. The highest BCUT2D eigenvalue weighted by Crippen LogP contribution is 2.43. The summed E-state index contributed by atoms with van der Waals surface area (Å²) in [6.07, 6.45) is 0. The number of para-hydroxylation sites is 3. The zero-order valence-electron chi connectivity index (χ0n) is 32.0. The van der Waals surface area contributed by atoms with Crippen LogP contribution in [-0.4, -0.2) is 0 Å². The molecule has 276 valence electrons. The molecule has 10 aromatic carbocycles. The van der Waals surface area contributed by atoms with Crippen molar-refractivity contribution >= 4 is 82.5 Å². The van der Waals surface area contributed by atoms with E-state index in [1.54, 1.807) is 0 Å². The molecule has 0 bridgehead atoms. The molecule has 3 nitrogen and oxygen atoms in total. The van der Waals surface area contributed by atoms with Crippen molar-refractivity contribution in [1.82, 2.24) is 0 Å². The first-order valence-electron chi connectivity index (χ1n) is 20.1. The van der Waals surface area contributed by atoms with Gasteiger partial charge in [0.15, 0.2) is 0 Å². The lowest BCUT2D eigenvalue weighted by Crippen LogP contribution is -2.09. The predicted molar refractivity (Wildman–Crippen MR) is 247 cm³/mol. The van der Waals surface area contributed by atoms with Crippen LogP contribution in [0.1, 0.15) is 0 Å². The number of rotatable bonds is 6. The van der Waals surface area contributed by atoms with Crippen LogP contribution in [0.4, 0.5) is 17.1 Å². The Morgan fingerprint density at radius 2 is 0.847 bits per heavy atom. The monoisotopic (exact) mass is 753 g/mol. The second kappa shape index (κ2) is 13.4. The quantitative estimate of drug-likeness (QED) is 0.169. The van der Waals surface area contributed by atoms with Gasteiger partial charge in [0.1, 0.15) is 22.3 Å². The number of benzene rings is 10. The number of nitrogens with zero attached hydrogens (tertiary/aromatic N) is 1. The summed E-state index contributed by atoms with van der Waals surface area (Å²) in [6, 6.07) is 75.6. The van der Waals surface area contributed by atoms with Gasteiger partial charge in [-0.05, 0) is 111 Å². The molecule has 0 radical (unpaired) electrons. The summed E-state index contributed by atoms with van der Waals surface area (Å²) >= 11 is 0. The summed E-state index contributed by atoms with van der Waals surface area (Å²) in [4.78, 5) is 2.30. The molecular weight excluding hydrogens is 719 g/mol. The highest BCUT2D eigenvalue weighted by Gasteiger charge is 2.18. The van der Waals surface area contributed by atoms with Gasteiger partial charge >= 0.3 is 0 Å². The van der Waals surface area contributed by atoms with Crippen molar-refractivity contribution in [2.45, 2.75) is 0 Å². The van der Waals surface area contributed by atoms with E-state index in [9.17, 15) is 0 Å². The molecule has 0 aliphatic carbocycles. The van der Waals surface area contributed by atoms with Crippen LogP contribution < -0.4 is 4.90 Å². The topological polar surface area (TPSA) is 29.5 Å². The molecule has 0 aliphatic rings. The Bertz CT molecular complexity index is 3540. The number of furan rings is 2. The zero-order valence-corrected chi connectivity index (χ0v) is 32.0. The summed E-state index contributed by atoms with van der Waals surface area (Å²) in [6.45, 7) is 0. The van der Waals surface area contributed by atoms with Crippen LogP contribution in [0.3, 0.4) is 0 Å². The predicted octanol–water partition coefficient (Wildman–Crippen LogP) is 16.3. The van der Waals surface area contributed by atoms with Crippen molar-refractivity contribution in [3.05, 3.63) is 212 Å². The molecule has 0 amide bonds. The van der Waals surface area contributed by atoms with Gasteiger partial charge in [-0.2, -0.15) is 0 Å². The third kappa shape index (κ3) is 5.51. The fourth-order valence-electron chi connectivity index (χ4n) is 8.97. The van der Waals surface area contributed by atoms with Gasteiger partial charge in [0.2, 0.25) is 0 Å². The first-order chi connectivity index (χ1) is 29.2. The van der Waals surface area contributed by atoms with E-state index in [1.165, 1.54) is 27.3 Å². The van der Waals surface area contributed by atoms with Crippen LogP contribution in [-0.2, 0) is 0 Å². The molecule has 12 rings (SSSR count). The number of anilines is 3. The molecule has 0 unspecified atom stereocenters. The Morgan fingerprint density at radius 1 is 0.271 bits per heavy atom. The van der Waals surface area contributed by atoms with Crippen LogP contribution in [0.5, 0.6) is 0 Å². The average Bonchev–Trinajstić information content (AvgIpc) is 3.88. The summed E-state index contributed by atoms with van der Waals surface area (Å²) in [5.74, 6) is 0. The molecule has 3 heteroatoms. The van der Waals surface area contributed by atoms with Crippen LogP contribution in [0.25, 0.3) is 98.8 Å². The molecular formula is C56H35NO2. The van der Waals surface area contributed by atoms with Gasteiger partial charge in [0.05, 0.1) is 0 Å². The van der Waals surface area contributed by atoms with Gasteiger partial charge in [-0.3, -0.25) is 0 Å². The second-order valence-corrected chi connectivity index (χ2v) is 15.3. The molecule has 0 spiro atoms. The first-order valence-corrected chi connectivity index (χ1v) is 20.1. The minimum atomic E-state index is 0.881. The van der Waals surface area contributed by atoms with Gasteiger partial charge in [-0.25, -0.2) is 0 Å². The Labute approximate surface area is 340 Å². The minimum absolute atomic E-state index is 0.881. The molecule has 2 heterocycles. The second-order valence-electron chi connectivity index (χ2n) is 15.3. The molecule has 0 saturated carbocycles. The van der Waals surface area contributed by atoms with Crippen LogP contribution in [0.15, 0.2) is 221 Å². The third-order valence-corrected chi connectivity index (χ3v) is 11.9. The van der Waals surface area contributed by atoms with Crippen molar-refractivity contribution < 1.29 is 8.83 Å². The van der Waals surface area contributed by atoms with Gasteiger partial charge in [-0.15, -0.1) is 0 Å². The molecule has 0 N–H and O–H groups in total. The Kier molecular flexibility index (Phi) is 7.54. The molecule has 0 atom stereocenters. The number of fused-ring (bicyclic) bond motifs is 9. The van der Waals surface area contributed by atoms with Gasteiger partial charge < -0.3 is 13.7 Å². The average molecular weight is 754 g/mol. The fraction of sp³-hybridized carbons (Fsp3) is 0. The fourth-order valence-corrected chi connectivity index (χ4v) is 8.97. The summed E-state index contributed by atoms with van der Waals surface area (Å²) in [7, 11) is 0. The Hall–Kier alpha value is -7.88. The minimum Gasteiger partial charge on any atom is -0.455 e. The van der Waals surface area contributed by atoms with Gasteiger partial charge in [0.25, 0.3) is 0 Å². The van der Waals surface area contributed by atoms with E-state index in [2.05, 4.69) is 205 Å². The van der Waals surface area contributed by atoms with E-state index in [1.807, 2.05) is 12.1 Å². The Morgan fingerprint density at radius 3 is 1.66 bits per heavy atom. The van der Waals surface area contributed by atoms with Crippen molar-refractivity contribution in [2.75, 3.05) is 4.90 Å². The van der Waals surface area contributed by atoms with Crippen LogP contribution in [0.2, 0.25) is 0 Å². The van der Waals surface area contributed by atoms with E-state index in [0.29, 0.717) is 0 Å². The molecule has 0 aliphatic heterocycles. The lowest BCUT2D eigenvalue weighted by molar-refractivity contribution is 0.670. The van der Waals surface area contributed by atoms with Crippen molar-refractivity contribution in [3.63, 3.8) is 0 Å². The molecule has 0 fully saturated rings. The first kappa shape index (κ1) is 33.3. The molecule has 12 aromatic rings. The lowest BCUT2D eigenvalue weighted by atomic mass is 9.94. The van der Waals surface area contributed by atoms with E-state index >= 15 is 0 Å². The van der Waals surface area contributed by atoms with E-state index < -0.39 is 0 Å². The smallest absolute Gasteiger partial charge is 0.143 e. The SMILES string of the molecule is c1ccc(N(c2ccc(-c3ccc4c(c3)oc3c5ccccc5c(-c5ccc6ccccc6c5)cc43)cc2)c2ccc(-c3cccc4c3oc3ccccc34)cc2)cc1. The highest BCUT2D eigenvalue weighted by atomic mass is 16.3. The maximum atomic E-state index is 6.73. The normalized spacial score (nSPS) is 11.7. The van der Waals surface area contributed by atoms with Crippen molar-refractivity contribution in [3.8, 4) is 33.4 Å². The van der Waals surface area contributed by atoms with Gasteiger partial charge in [0, 0.05) is 49.6 Å². The molecule has 2 aromatic heterocycles. The maximum Gasteiger partial charge on any atom is 0.143 e. The van der Waals surface area contributed by atoms with Gasteiger partial charge in [-0.1, -0.05) is 146 Å². The zero-order chi connectivity index (χ0) is 38.9. The largest absolute Gasteiger partial charge is 0.455 e. The van der Waals surface area contributed by atoms with E-state index in [4.69, 9.17) is 8.83 Å².